The molecule has 0 aromatic heterocycles. The molecule has 1 aliphatic carbocycles. The number of rotatable bonds is 8. The second kappa shape index (κ2) is 11.2. The highest BCUT2D eigenvalue weighted by Crippen LogP contribution is 2.36. The minimum absolute atomic E-state index is 0. The molecule has 5 N–H and O–H groups in total. The second-order valence-electron chi connectivity index (χ2n) is 6.46. The van der Waals surface area contributed by atoms with E-state index in [-0.39, 0.29) is 47.5 Å². The van der Waals surface area contributed by atoms with Crippen molar-refractivity contribution in [3.05, 3.63) is 22.7 Å². The first-order chi connectivity index (χ1) is 12.5. The molecule has 9 heteroatoms. The molecule has 0 saturated heterocycles. The number of methoxy groups -OCH3 is 1. The van der Waals surface area contributed by atoms with Gasteiger partial charge in [0.05, 0.1) is 12.1 Å². The number of carbonyl (C=O) groups is 2. The van der Waals surface area contributed by atoms with Crippen molar-refractivity contribution in [2.45, 2.75) is 38.1 Å². The van der Waals surface area contributed by atoms with Gasteiger partial charge < -0.3 is 26.3 Å². The van der Waals surface area contributed by atoms with E-state index in [0.29, 0.717) is 18.0 Å². The first kappa shape index (κ1) is 23.3. The fourth-order valence-corrected chi connectivity index (χ4v) is 3.56. The predicted molar refractivity (Wildman–Crippen MR) is 107 cm³/mol. The van der Waals surface area contributed by atoms with E-state index in [1.807, 2.05) is 0 Å². The molecule has 1 fully saturated rings. The summed E-state index contributed by atoms with van der Waals surface area (Å²) < 4.78 is 10.5. The summed E-state index contributed by atoms with van der Waals surface area (Å²) in [5, 5.41) is 3.17. The first-order valence-electron chi connectivity index (χ1n) is 8.75. The summed E-state index contributed by atoms with van der Waals surface area (Å²) in [6.07, 6.45) is 5.73. The Bertz CT molecular complexity index is 652. The Morgan fingerprint density at radius 3 is 2.52 bits per heavy atom. The Morgan fingerprint density at radius 1 is 1.30 bits per heavy atom. The summed E-state index contributed by atoms with van der Waals surface area (Å²) in [6, 6.07) is 2.93. The second-order valence-corrected chi connectivity index (χ2v) is 6.87. The van der Waals surface area contributed by atoms with Crippen LogP contribution in [0.1, 0.15) is 42.5 Å². The molecule has 27 heavy (non-hydrogen) atoms. The van der Waals surface area contributed by atoms with Crippen molar-refractivity contribution in [3.8, 4) is 11.5 Å². The number of halogens is 2. The van der Waals surface area contributed by atoms with Gasteiger partial charge in [0.1, 0.15) is 0 Å². The lowest BCUT2D eigenvalue weighted by molar-refractivity contribution is -0.119. The number of ether oxygens (including phenoxy) is 2. The zero-order valence-electron chi connectivity index (χ0n) is 15.3. The molecule has 0 radical (unpaired) electrons. The molecule has 1 saturated carbocycles. The number of benzene rings is 1. The van der Waals surface area contributed by atoms with Crippen molar-refractivity contribution in [1.82, 2.24) is 5.32 Å². The smallest absolute Gasteiger partial charge is 0.255 e. The fourth-order valence-electron chi connectivity index (χ4n) is 3.29. The van der Waals surface area contributed by atoms with Crippen LogP contribution in [0.4, 0.5) is 0 Å². The van der Waals surface area contributed by atoms with Gasteiger partial charge in [-0.15, -0.1) is 12.4 Å². The summed E-state index contributed by atoms with van der Waals surface area (Å²) in [4.78, 5) is 23.6. The molecule has 2 rings (SSSR count). The maximum Gasteiger partial charge on any atom is 0.255 e. The maximum atomic E-state index is 12.7. The number of nitrogens with two attached hydrogens (primary N) is 2. The van der Waals surface area contributed by atoms with E-state index in [0.717, 1.165) is 12.8 Å². The molecule has 7 nitrogen and oxygen atoms in total. The summed E-state index contributed by atoms with van der Waals surface area (Å²) in [7, 11) is 1.43. The number of carbonyl (C=O) groups excluding carboxylic acids is 2. The van der Waals surface area contributed by atoms with Crippen molar-refractivity contribution >= 4 is 35.8 Å². The van der Waals surface area contributed by atoms with Gasteiger partial charge in [0, 0.05) is 18.2 Å². The quantitative estimate of drug-likeness (QED) is 0.597. The van der Waals surface area contributed by atoms with Crippen LogP contribution in [0.2, 0.25) is 5.02 Å². The highest BCUT2D eigenvalue weighted by molar-refractivity contribution is 6.32. The first-order valence-corrected chi connectivity index (χ1v) is 9.13. The van der Waals surface area contributed by atoms with E-state index in [2.05, 4.69) is 5.32 Å². The minimum atomic E-state index is -0.636. The van der Waals surface area contributed by atoms with Crippen LogP contribution >= 0.6 is 24.0 Å². The monoisotopic (exact) mass is 419 g/mol. The van der Waals surface area contributed by atoms with Gasteiger partial charge in [0.15, 0.2) is 18.1 Å². The van der Waals surface area contributed by atoms with Crippen molar-refractivity contribution in [3.63, 3.8) is 0 Å². The van der Waals surface area contributed by atoms with Crippen LogP contribution in [-0.4, -0.2) is 38.1 Å². The minimum Gasteiger partial charge on any atom is -0.493 e. The Labute approximate surface area is 170 Å². The molecular weight excluding hydrogens is 393 g/mol. The SMILES string of the molecule is COc1cc(C(=O)NC(CN)C2CCCCC2)cc(Cl)c1OCC(N)=O.Cl. The van der Waals surface area contributed by atoms with Gasteiger partial charge in [-0.2, -0.15) is 0 Å². The lowest BCUT2D eigenvalue weighted by atomic mass is 9.84. The number of hydrogen-bond donors (Lipinski definition) is 3. The van der Waals surface area contributed by atoms with Crippen LogP contribution in [0.15, 0.2) is 12.1 Å². The Kier molecular flexibility index (Phi) is 9.69. The topological polar surface area (TPSA) is 117 Å². The van der Waals surface area contributed by atoms with Crippen LogP contribution in [-0.2, 0) is 4.79 Å². The van der Waals surface area contributed by atoms with Gasteiger partial charge >= 0.3 is 0 Å². The standard InChI is InChI=1S/C18H26ClN3O4.ClH/c1-25-15-8-12(7-13(19)17(15)26-10-16(21)23)18(24)22-14(9-20)11-5-3-2-4-6-11;/h7-8,11,14H,2-6,9-10,20H2,1H3,(H2,21,23)(H,22,24);1H. The molecule has 1 atom stereocenters. The molecule has 2 amide bonds. The van der Waals surface area contributed by atoms with Crippen LogP contribution in [0.25, 0.3) is 0 Å². The van der Waals surface area contributed by atoms with Gasteiger partial charge in [0.25, 0.3) is 11.8 Å². The molecular formula is C18H27Cl2N3O4. The number of hydrogen-bond acceptors (Lipinski definition) is 5. The Balaban J connectivity index is 0.00000364. The average molecular weight is 420 g/mol. The molecule has 1 aliphatic rings. The van der Waals surface area contributed by atoms with E-state index >= 15 is 0 Å². The molecule has 0 spiro atoms. The van der Waals surface area contributed by atoms with Gasteiger partial charge in [-0.25, -0.2) is 0 Å². The largest absolute Gasteiger partial charge is 0.493 e. The van der Waals surface area contributed by atoms with E-state index in [1.54, 1.807) is 0 Å². The van der Waals surface area contributed by atoms with Gasteiger partial charge in [-0.1, -0.05) is 30.9 Å². The summed E-state index contributed by atoms with van der Waals surface area (Å²) in [6.45, 7) is 0.0552. The highest BCUT2D eigenvalue weighted by Gasteiger charge is 2.25. The van der Waals surface area contributed by atoms with Crippen molar-refractivity contribution in [2.75, 3.05) is 20.3 Å². The van der Waals surface area contributed by atoms with E-state index in [4.69, 9.17) is 32.5 Å². The van der Waals surface area contributed by atoms with E-state index in [1.165, 1.54) is 38.5 Å². The summed E-state index contributed by atoms with van der Waals surface area (Å²) in [5.41, 5.74) is 11.3. The highest BCUT2D eigenvalue weighted by atomic mass is 35.5. The average Bonchev–Trinajstić information content (AvgIpc) is 2.64. The molecule has 0 aliphatic heterocycles. The zero-order chi connectivity index (χ0) is 19.1. The van der Waals surface area contributed by atoms with Gasteiger partial charge in [0.2, 0.25) is 0 Å². The van der Waals surface area contributed by atoms with E-state index < -0.39 is 5.91 Å². The summed E-state index contributed by atoms with van der Waals surface area (Å²) in [5.74, 6) is -0.0813. The Morgan fingerprint density at radius 2 is 1.96 bits per heavy atom. The molecule has 1 unspecified atom stereocenters. The molecule has 152 valence electrons. The third-order valence-electron chi connectivity index (χ3n) is 4.64. The lowest BCUT2D eigenvalue weighted by Gasteiger charge is -2.30. The molecule has 1 aromatic rings. The predicted octanol–water partition coefficient (Wildman–Crippen LogP) is 2.27. The maximum absolute atomic E-state index is 12.7. The van der Waals surface area contributed by atoms with Crippen molar-refractivity contribution < 1.29 is 19.1 Å². The third-order valence-corrected chi connectivity index (χ3v) is 4.92. The number of nitrogens with one attached hydrogen (secondary N) is 1. The van der Waals surface area contributed by atoms with Crippen LogP contribution in [0.3, 0.4) is 0 Å². The molecule has 0 heterocycles. The van der Waals surface area contributed by atoms with Crippen LogP contribution < -0.4 is 26.3 Å². The van der Waals surface area contributed by atoms with Crippen LogP contribution in [0, 0.1) is 5.92 Å². The third kappa shape index (κ3) is 6.45. The lowest BCUT2D eigenvalue weighted by Crippen LogP contribution is -2.45. The van der Waals surface area contributed by atoms with Crippen molar-refractivity contribution in [1.29, 1.82) is 0 Å². The fraction of sp³-hybridized carbons (Fsp3) is 0.556. The normalized spacial score (nSPS) is 15.4. The van der Waals surface area contributed by atoms with E-state index in [9.17, 15) is 9.59 Å². The van der Waals surface area contributed by atoms with Crippen molar-refractivity contribution in [2.24, 2.45) is 17.4 Å². The Hall–Kier alpha value is -1.70. The van der Waals surface area contributed by atoms with Gasteiger partial charge in [-0.05, 0) is 30.9 Å². The zero-order valence-corrected chi connectivity index (χ0v) is 16.9. The number of amides is 2. The molecule has 1 aromatic carbocycles. The summed E-state index contributed by atoms with van der Waals surface area (Å²) >= 11 is 6.20. The van der Waals surface area contributed by atoms with Crippen LogP contribution in [0.5, 0.6) is 11.5 Å². The number of primary amides is 1. The molecule has 0 bridgehead atoms. The van der Waals surface area contributed by atoms with Gasteiger partial charge in [-0.3, -0.25) is 9.59 Å².